The molecule has 1 atom stereocenters. The molecule has 1 fully saturated rings. The van der Waals surface area contributed by atoms with Crippen LogP contribution in [0.4, 0.5) is 13.2 Å². The molecule has 1 saturated carbocycles. The van der Waals surface area contributed by atoms with E-state index in [4.69, 9.17) is 14.1 Å². The Morgan fingerprint density at radius 3 is 2.48 bits per heavy atom. The van der Waals surface area contributed by atoms with Crippen molar-refractivity contribution in [1.82, 2.24) is 19.9 Å². The Balaban J connectivity index is 1.58. The first-order chi connectivity index (χ1) is 20.8. The third kappa shape index (κ3) is 7.13. The van der Waals surface area contributed by atoms with Crippen LogP contribution in [0, 0.1) is 5.92 Å². The summed E-state index contributed by atoms with van der Waals surface area (Å²) in [6.07, 6.45) is 1.79. The first-order valence-electron chi connectivity index (χ1n) is 14.3. The SMILES string of the molecule is C[C@H](NS(=O)(=O)c1ccc(-c2sc(-c3nnc(CC(C)(C)OC=O)o3)nc2CC2CCCCC2)c2ccccc12)C(F)(F)F. The predicted octanol–water partition coefficient (Wildman–Crippen LogP) is 6.86. The van der Waals surface area contributed by atoms with Crippen LogP contribution in [0.2, 0.25) is 0 Å². The average molecular weight is 651 g/mol. The number of hydrogen-bond acceptors (Lipinski definition) is 9. The van der Waals surface area contributed by atoms with E-state index in [1.165, 1.54) is 23.8 Å². The van der Waals surface area contributed by atoms with Crippen LogP contribution in [0.15, 0.2) is 45.7 Å². The van der Waals surface area contributed by atoms with Crippen LogP contribution in [0.1, 0.15) is 64.5 Å². The molecule has 0 aliphatic heterocycles. The molecular weight excluding hydrogens is 617 g/mol. The number of carbonyl (C=O) groups excluding carboxylic acids is 1. The highest BCUT2D eigenvalue weighted by Gasteiger charge is 2.39. The fourth-order valence-corrected chi connectivity index (χ4v) is 7.97. The lowest BCUT2D eigenvalue weighted by atomic mass is 9.85. The highest BCUT2D eigenvalue weighted by atomic mass is 32.2. The molecule has 2 aromatic carbocycles. The fraction of sp³-hybridized carbons (Fsp3) is 0.467. The van der Waals surface area contributed by atoms with Crippen LogP contribution < -0.4 is 4.72 Å². The molecule has 0 spiro atoms. The van der Waals surface area contributed by atoms with Gasteiger partial charge in [0.25, 0.3) is 12.4 Å². The van der Waals surface area contributed by atoms with E-state index in [2.05, 4.69) is 10.2 Å². The molecule has 2 heterocycles. The van der Waals surface area contributed by atoms with E-state index in [1.54, 1.807) is 48.9 Å². The van der Waals surface area contributed by atoms with Crippen molar-refractivity contribution in [2.75, 3.05) is 0 Å². The quantitative estimate of drug-likeness (QED) is 0.175. The van der Waals surface area contributed by atoms with Crippen molar-refractivity contribution in [2.45, 2.75) is 88.4 Å². The predicted molar refractivity (Wildman–Crippen MR) is 159 cm³/mol. The van der Waals surface area contributed by atoms with Gasteiger partial charge in [0.15, 0.2) is 5.01 Å². The number of nitrogens with zero attached hydrogens (tertiary/aromatic N) is 3. The first kappa shape index (κ1) is 32.0. The summed E-state index contributed by atoms with van der Waals surface area (Å²) >= 11 is 1.33. The van der Waals surface area contributed by atoms with Gasteiger partial charge in [-0.3, -0.25) is 4.79 Å². The minimum Gasteiger partial charge on any atom is -0.461 e. The number of aromatic nitrogens is 3. The second kappa shape index (κ2) is 12.6. The van der Waals surface area contributed by atoms with Crippen LogP contribution in [0.25, 0.3) is 32.1 Å². The molecule has 1 aliphatic carbocycles. The van der Waals surface area contributed by atoms with Gasteiger partial charge < -0.3 is 9.15 Å². The van der Waals surface area contributed by atoms with Crippen molar-refractivity contribution < 1.29 is 35.5 Å². The van der Waals surface area contributed by atoms with E-state index in [0.717, 1.165) is 43.2 Å². The summed E-state index contributed by atoms with van der Waals surface area (Å²) in [5.74, 6) is 0.908. The van der Waals surface area contributed by atoms with Crippen LogP contribution in [-0.2, 0) is 32.4 Å². The number of nitrogens with one attached hydrogen (secondary N) is 1. The Morgan fingerprint density at radius 1 is 1.09 bits per heavy atom. The summed E-state index contributed by atoms with van der Waals surface area (Å²) < 4.78 is 78.7. The number of thiazole rings is 1. The largest absolute Gasteiger partial charge is 0.461 e. The summed E-state index contributed by atoms with van der Waals surface area (Å²) in [4.78, 5) is 16.3. The lowest BCUT2D eigenvalue weighted by Gasteiger charge is -2.21. The summed E-state index contributed by atoms with van der Waals surface area (Å²) in [5.41, 5.74) is 0.670. The molecule has 44 heavy (non-hydrogen) atoms. The van der Waals surface area contributed by atoms with Crippen molar-refractivity contribution >= 4 is 38.6 Å². The normalized spacial score (nSPS) is 15.9. The number of sulfonamides is 1. The number of carbonyl (C=O) groups is 1. The number of ether oxygens (including phenoxy) is 1. The zero-order valence-electron chi connectivity index (χ0n) is 24.5. The third-order valence-corrected chi connectivity index (χ3v) is 10.5. The van der Waals surface area contributed by atoms with Gasteiger partial charge in [0.2, 0.25) is 15.9 Å². The van der Waals surface area contributed by atoms with Gasteiger partial charge in [0.1, 0.15) is 11.6 Å². The summed E-state index contributed by atoms with van der Waals surface area (Å²) in [5, 5.41) is 9.65. The molecule has 0 radical (unpaired) electrons. The van der Waals surface area contributed by atoms with E-state index in [9.17, 15) is 26.4 Å². The molecule has 0 saturated heterocycles. The molecule has 9 nitrogen and oxygen atoms in total. The monoisotopic (exact) mass is 650 g/mol. The van der Waals surface area contributed by atoms with Crippen LogP contribution in [0.5, 0.6) is 0 Å². The topological polar surface area (TPSA) is 124 Å². The van der Waals surface area contributed by atoms with Gasteiger partial charge in [0.05, 0.1) is 21.9 Å². The number of benzene rings is 2. The Kier molecular flexibility index (Phi) is 9.15. The lowest BCUT2D eigenvalue weighted by Crippen LogP contribution is -2.43. The Bertz CT molecular complexity index is 1740. The van der Waals surface area contributed by atoms with Gasteiger partial charge in [-0.1, -0.05) is 62.4 Å². The van der Waals surface area contributed by atoms with Crippen molar-refractivity contribution in [3.63, 3.8) is 0 Å². The number of hydrogen-bond donors (Lipinski definition) is 1. The minimum absolute atomic E-state index is 0.202. The second-order valence-electron chi connectivity index (χ2n) is 11.7. The molecule has 0 amide bonds. The number of alkyl halides is 3. The van der Waals surface area contributed by atoms with E-state index >= 15 is 0 Å². The lowest BCUT2D eigenvalue weighted by molar-refractivity contribution is -0.147. The highest BCUT2D eigenvalue weighted by molar-refractivity contribution is 7.89. The van der Waals surface area contributed by atoms with Gasteiger partial charge in [-0.15, -0.1) is 21.5 Å². The number of fused-ring (bicyclic) bond motifs is 1. The van der Waals surface area contributed by atoms with Crippen molar-refractivity contribution in [3.8, 4) is 21.3 Å². The summed E-state index contributed by atoms with van der Waals surface area (Å²) in [7, 11) is -4.50. The Hall–Kier alpha value is -3.36. The molecule has 0 unspecified atom stereocenters. The zero-order valence-corrected chi connectivity index (χ0v) is 26.1. The standard InChI is InChI=1S/C30H33F3N4O5S2/c1-18(30(31,32)33)37-44(39,40)24-14-13-22(20-11-7-8-12-21(20)24)26-23(15-19-9-5-4-6-10-19)34-28(43-26)27-36-35-25(42-27)16-29(2,3)41-17-38/h7-8,11-14,17-19,37H,4-6,9-10,15-16H2,1-3H3/t18-/m0/s1. The average Bonchev–Trinajstić information content (AvgIpc) is 3.59. The van der Waals surface area contributed by atoms with E-state index in [1.807, 2.05) is 0 Å². The molecule has 1 aliphatic rings. The van der Waals surface area contributed by atoms with Gasteiger partial charge >= 0.3 is 6.18 Å². The van der Waals surface area contributed by atoms with Crippen molar-refractivity contribution in [2.24, 2.45) is 5.92 Å². The van der Waals surface area contributed by atoms with Gasteiger partial charge in [-0.05, 0) is 44.6 Å². The molecule has 14 heteroatoms. The van der Waals surface area contributed by atoms with Gasteiger partial charge in [-0.2, -0.15) is 17.9 Å². The molecule has 5 rings (SSSR count). The van der Waals surface area contributed by atoms with Crippen LogP contribution in [-0.4, -0.2) is 47.9 Å². The van der Waals surface area contributed by atoms with E-state index in [0.29, 0.717) is 40.2 Å². The molecule has 4 aromatic rings. The van der Waals surface area contributed by atoms with Crippen molar-refractivity contribution in [3.05, 3.63) is 48.0 Å². The Labute approximate surface area is 257 Å². The highest BCUT2D eigenvalue weighted by Crippen LogP contribution is 2.42. The maximum absolute atomic E-state index is 13.2. The molecule has 0 bridgehead atoms. The zero-order chi connectivity index (χ0) is 31.7. The molecule has 1 N–H and O–H groups in total. The molecular formula is C30H33F3N4O5S2. The summed E-state index contributed by atoms with van der Waals surface area (Å²) in [6.45, 7) is 4.59. The molecule has 236 valence electrons. The molecule has 2 aromatic heterocycles. The summed E-state index contributed by atoms with van der Waals surface area (Å²) in [6, 6.07) is 7.44. The third-order valence-electron chi connectivity index (χ3n) is 7.74. The smallest absolute Gasteiger partial charge is 0.404 e. The Morgan fingerprint density at radius 2 is 1.80 bits per heavy atom. The second-order valence-corrected chi connectivity index (χ2v) is 14.4. The van der Waals surface area contributed by atoms with Crippen LogP contribution in [0.3, 0.4) is 0 Å². The van der Waals surface area contributed by atoms with E-state index in [-0.39, 0.29) is 23.1 Å². The van der Waals surface area contributed by atoms with Gasteiger partial charge in [-0.25, -0.2) is 13.4 Å². The number of halogens is 3. The maximum Gasteiger partial charge on any atom is 0.404 e. The van der Waals surface area contributed by atoms with Crippen molar-refractivity contribution in [1.29, 1.82) is 0 Å². The number of rotatable bonds is 11. The maximum atomic E-state index is 13.2. The first-order valence-corrected chi connectivity index (χ1v) is 16.6. The van der Waals surface area contributed by atoms with E-state index < -0.39 is 27.8 Å². The van der Waals surface area contributed by atoms with Gasteiger partial charge in [0, 0.05) is 10.9 Å². The fourth-order valence-electron chi connectivity index (χ4n) is 5.47. The minimum atomic E-state index is -4.73. The van der Waals surface area contributed by atoms with Crippen LogP contribution >= 0.6 is 11.3 Å².